The second kappa shape index (κ2) is 19.5. The number of ether oxygens (including phenoxy) is 1. The highest BCUT2D eigenvalue weighted by molar-refractivity contribution is 8.07. The summed E-state index contributed by atoms with van der Waals surface area (Å²) in [6, 6.07) is 0. The van der Waals surface area contributed by atoms with E-state index in [1.807, 2.05) is 0 Å². The van der Waals surface area contributed by atoms with Crippen molar-refractivity contribution >= 4 is 17.7 Å². The Balaban J connectivity index is 1.78. The third-order valence-corrected chi connectivity index (χ3v) is 7.30. The summed E-state index contributed by atoms with van der Waals surface area (Å²) in [4.78, 5) is 11.7. The second-order valence-electron chi connectivity index (χ2n) is 8.71. The van der Waals surface area contributed by atoms with Crippen molar-refractivity contribution in [3.05, 3.63) is 12.2 Å². The fraction of sp³-hybridized carbons (Fsp3) is 0.885. The van der Waals surface area contributed by atoms with Gasteiger partial charge in [-0.25, -0.2) is 0 Å². The molecule has 2 unspecified atom stereocenters. The van der Waals surface area contributed by atoms with Gasteiger partial charge in [0.2, 0.25) is 0 Å². The largest absolute Gasteiger partial charge is 0.466 e. The molecule has 1 heterocycles. The van der Waals surface area contributed by atoms with Crippen molar-refractivity contribution in [2.75, 3.05) is 6.61 Å². The van der Waals surface area contributed by atoms with E-state index in [1.54, 1.807) is 0 Å². The Hall–Kier alpha value is -0.440. The van der Waals surface area contributed by atoms with E-state index < -0.39 is 0 Å². The standard InChI is InChI=1S/C26H48O2S/c1-3-5-7-9-12-16-20-24-25(29-24)21-17-13-11-14-18-22-26(27)28-23-19-15-10-8-6-4-2/h12,16,24-25H,3-11,13-15,17-23H2,1-2H3/b16-12-. The van der Waals surface area contributed by atoms with Crippen molar-refractivity contribution < 1.29 is 9.53 Å². The number of hydrogen-bond donors (Lipinski definition) is 0. The third-order valence-electron chi connectivity index (χ3n) is 5.83. The van der Waals surface area contributed by atoms with Gasteiger partial charge < -0.3 is 4.74 Å². The number of unbranched alkanes of at least 4 members (excludes halogenated alkanes) is 12. The van der Waals surface area contributed by atoms with Gasteiger partial charge in [0.1, 0.15) is 0 Å². The first-order valence-corrected chi connectivity index (χ1v) is 13.7. The molecule has 1 fully saturated rings. The Bertz CT molecular complexity index is 408. The van der Waals surface area contributed by atoms with Crippen molar-refractivity contribution in [1.29, 1.82) is 0 Å². The molecule has 1 aliphatic heterocycles. The van der Waals surface area contributed by atoms with Crippen molar-refractivity contribution in [2.24, 2.45) is 0 Å². The van der Waals surface area contributed by atoms with E-state index in [4.69, 9.17) is 4.74 Å². The summed E-state index contributed by atoms with van der Waals surface area (Å²) in [5.74, 6) is 0.0125. The van der Waals surface area contributed by atoms with Crippen LogP contribution in [0, 0.1) is 0 Å². The molecular weight excluding hydrogens is 376 g/mol. The quantitative estimate of drug-likeness (QED) is 0.0798. The number of allylic oxidation sites excluding steroid dienone is 2. The number of hydrogen-bond acceptors (Lipinski definition) is 3. The fourth-order valence-corrected chi connectivity index (χ4v) is 4.92. The minimum atomic E-state index is 0.0125. The minimum absolute atomic E-state index is 0.0125. The second-order valence-corrected chi connectivity index (χ2v) is 10.2. The van der Waals surface area contributed by atoms with E-state index in [0.29, 0.717) is 13.0 Å². The summed E-state index contributed by atoms with van der Waals surface area (Å²) in [6.07, 6.45) is 27.0. The summed E-state index contributed by atoms with van der Waals surface area (Å²) in [5, 5.41) is 1.83. The lowest BCUT2D eigenvalue weighted by Crippen LogP contribution is -2.05. The van der Waals surface area contributed by atoms with Gasteiger partial charge >= 0.3 is 5.97 Å². The summed E-state index contributed by atoms with van der Waals surface area (Å²) < 4.78 is 5.34. The Morgan fingerprint density at radius 3 is 2.21 bits per heavy atom. The number of carbonyl (C=O) groups is 1. The average molecular weight is 425 g/mol. The zero-order chi connectivity index (χ0) is 21.0. The summed E-state index contributed by atoms with van der Waals surface area (Å²) in [6.45, 7) is 5.12. The van der Waals surface area contributed by atoms with Crippen LogP contribution in [0.3, 0.4) is 0 Å². The van der Waals surface area contributed by atoms with Gasteiger partial charge in [-0.15, -0.1) is 0 Å². The van der Waals surface area contributed by atoms with E-state index in [-0.39, 0.29) is 5.97 Å². The van der Waals surface area contributed by atoms with E-state index in [1.165, 1.54) is 96.3 Å². The van der Waals surface area contributed by atoms with Gasteiger partial charge in [0.25, 0.3) is 0 Å². The van der Waals surface area contributed by atoms with Gasteiger partial charge in [0, 0.05) is 16.9 Å². The molecule has 170 valence electrons. The average Bonchev–Trinajstić information content (AvgIpc) is 3.47. The maximum atomic E-state index is 11.7. The normalized spacial score (nSPS) is 18.4. The van der Waals surface area contributed by atoms with Crippen molar-refractivity contribution in [3.63, 3.8) is 0 Å². The number of esters is 1. The van der Waals surface area contributed by atoms with Crippen LogP contribution in [0.4, 0.5) is 0 Å². The summed E-state index contributed by atoms with van der Waals surface area (Å²) in [5.41, 5.74) is 0. The molecule has 0 N–H and O–H groups in total. The Labute approximate surface area is 186 Å². The molecule has 0 aromatic rings. The number of carbonyl (C=O) groups excluding carboxylic acids is 1. The predicted molar refractivity (Wildman–Crippen MR) is 130 cm³/mol. The van der Waals surface area contributed by atoms with Crippen LogP contribution in [-0.2, 0) is 9.53 Å². The number of rotatable bonds is 21. The van der Waals surface area contributed by atoms with E-state index in [2.05, 4.69) is 37.8 Å². The minimum Gasteiger partial charge on any atom is -0.466 e. The first kappa shape index (κ1) is 26.6. The zero-order valence-electron chi connectivity index (χ0n) is 19.5. The predicted octanol–water partition coefficient (Wildman–Crippen LogP) is 8.63. The lowest BCUT2D eigenvalue weighted by molar-refractivity contribution is -0.143. The molecule has 2 atom stereocenters. The molecule has 0 bridgehead atoms. The van der Waals surface area contributed by atoms with Crippen LogP contribution < -0.4 is 0 Å². The van der Waals surface area contributed by atoms with Gasteiger partial charge in [-0.2, -0.15) is 11.8 Å². The molecule has 0 saturated carbocycles. The Morgan fingerprint density at radius 1 is 0.759 bits per heavy atom. The first-order chi connectivity index (χ1) is 14.3. The fourth-order valence-electron chi connectivity index (χ4n) is 3.79. The molecule has 1 aliphatic rings. The lowest BCUT2D eigenvalue weighted by Gasteiger charge is -2.05. The Morgan fingerprint density at radius 2 is 1.41 bits per heavy atom. The molecule has 0 aliphatic carbocycles. The highest BCUT2D eigenvalue weighted by Crippen LogP contribution is 2.46. The van der Waals surface area contributed by atoms with Crippen LogP contribution in [0.1, 0.15) is 129 Å². The molecule has 2 nitrogen and oxygen atoms in total. The van der Waals surface area contributed by atoms with Crippen LogP contribution >= 0.6 is 11.8 Å². The first-order valence-electron chi connectivity index (χ1n) is 12.7. The van der Waals surface area contributed by atoms with E-state index in [9.17, 15) is 4.79 Å². The van der Waals surface area contributed by atoms with Crippen molar-refractivity contribution in [2.45, 2.75) is 140 Å². The van der Waals surface area contributed by atoms with Crippen LogP contribution in [-0.4, -0.2) is 23.1 Å². The van der Waals surface area contributed by atoms with E-state index >= 15 is 0 Å². The zero-order valence-corrected chi connectivity index (χ0v) is 20.3. The molecule has 0 radical (unpaired) electrons. The summed E-state index contributed by atoms with van der Waals surface area (Å²) in [7, 11) is 0. The molecule has 0 aromatic carbocycles. The van der Waals surface area contributed by atoms with Crippen LogP contribution in [0.25, 0.3) is 0 Å². The van der Waals surface area contributed by atoms with Crippen molar-refractivity contribution in [3.8, 4) is 0 Å². The molecule has 1 rings (SSSR count). The van der Waals surface area contributed by atoms with Crippen LogP contribution in [0.15, 0.2) is 12.2 Å². The molecule has 0 amide bonds. The SMILES string of the molecule is CCCCC/C=C\CC1SC1CCCCCCCC(=O)OCCCCCCCC. The molecule has 3 heteroatoms. The molecule has 1 saturated heterocycles. The summed E-state index contributed by atoms with van der Waals surface area (Å²) >= 11 is 2.18. The molecule has 0 aromatic heterocycles. The number of thioether (sulfide) groups is 1. The molecule has 0 spiro atoms. The smallest absolute Gasteiger partial charge is 0.305 e. The van der Waals surface area contributed by atoms with Gasteiger partial charge in [0.05, 0.1) is 6.61 Å². The molecular formula is C26H48O2S. The highest BCUT2D eigenvalue weighted by Gasteiger charge is 2.35. The van der Waals surface area contributed by atoms with E-state index in [0.717, 1.165) is 23.3 Å². The van der Waals surface area contributed by atoms with Gasteiger partial charge in [-0.3, -0.25) is 4.79 Å². The molecule has 29 heavy (non-hydrogen) atoms. The Kier molecular flexibility index (Phi) is 17.9. The van der Waals surface area contributed by atoms with Crippen molar-refractivity contribution in [1.82, 2.24) is 0 Å². The maximum absolute atomic E-state index is 11.7. The monoisotopic (exact) mass is 424 g/mol. The maximum Gasteiger partial charge on any atom is 0.305 e. The van der Waals surface area contributed by atoms with Gasteiger partial charge in [-0.1, -0.05) is 96.6 Å². The lowest BCUT2D eigenvalue weighted by atomic mass is 10.1. The van der Waals surface area contributed by atoms with Gasteiger partial charge in [0.15, 0.2) is 0 Å². The van der Waals surface area contributed by atoms with Gasteiger partial charge in [-0.05, 0) is 38.5 Å². The highest BCUT2D eigenvalue weighted by atomic mass is 32.2. The van der Waals surface area contributed by atoms with Crippen LogP contribution in [0.2, 0.25) is 0 Å². The van der Waals surface area contributed by atoms with Crippen LogP contribution in [0.5, 0.6) is 0 Å². The topological polar surface area (TPSA) is 26.3 Å². The third kappa shape index (κ3) is 17.0.